The number of hydrogen-bond donors (Lipinski definition) is 1. The van der Waals surface area contributed by atoms with Crippen LogP contribution < -0.4 is 5.32 Å². The summed E-state index contributed by atoms with van der Waals surface area (Å²) in [5.74, 6) is -2.83. The standard InChI is InChI=1S/C11H12F2N2O3S/c1-7-11(16)14-5-6-15(7)19(17,18)10-8(12)3-2-4-9(10)13/h2-4,7H,5-6H2,1H3,(H,14,16). The first-order chi connectivity index (χ1) is 8.85. The monoisotopic (exact) mass is 290 g/mol. The van der Waals surface area contributed by atoms with E-state index >= 15 is 0 Å². The van der Waals surface area contributed by atoms with Crippen LogP contribution in [0.3, 0.4) is 0 Å². The highest BCUT2D eigenvalue weighted by Crippen LogP contribution is 2.24. The Kier molecular flexibility index (Phi) is 3.55. The molecule has 1 aromatic carbocycles. The number of nitrogens with zero attached hydrogens (tertiary/aromatic N) is 1. The number of hydrogen-bond acceptors (Lipinski definition) is 3. The molecule has 8 heteroatoms. The van der Waals surface area contributed by atoms with E-state index in [1.807, 2.05) is 0 Å². The Bertz CT molecular complexity index is 598. The summed E-state index contributed by atoms with van der Waals surface area (Å²) in [5.41, 5.74) is 0. The lowest BCUT2D eigenvalue weighted by molar-refractivity contribution is -0.126. The zero-order chi connectivity index (χ0) is 14.2. The van der Waals surface area contributed by atoms with E-state index in [0.29, 0.717) is 0 Å². The van der Waals surface area contributed by atoms with Gasteiger partial charge >= 0.3 is 0 Å². The molecular weight excluding hydrogens is 278 g/mol. The first-order valence-corrected chi connectivity index (χ1v) is 7.03. The SMILES string of the molecule is CC1C(=O)NCCN1S(=O)(=O)c1c(F)cccc1F. The molecule has 1 heterocycles. The van der Waals surface area contributed by atoms with Crippen LogP contribution >= 0.6 is 0 Å². The third-order valence-electron chi connectivity index (χ3n) is 2.93. The van der Waals surface area contributed by atoms with Gasteiger partial charge in [0.15, 0.2) is 4.90 Å². The first kappa shape index (κ1) is 13.9. The quantitative estimate of drug-likeness (QED) is 0.861. The van der Waals surface area contributed by atoms with Gasteiger partial charge in [-0.05, 0) is 19.1 Å². The van der Waals surface area contributed by atoms with E-state index in [1.165, 1.54) is 6.92 Å². The molecule has 1 unspecified atom stereocenters. The second-order valence-corrected chi connectivity index (χ2v) is 5.96. The van der Waals surface area contributed by atoms with Crippen molar-refractivity contribution >= 4 is 15.9 Å². The van der Waals surface area contributed by atoms with Crippen molar-refractivity contribution < 1.29 is 22.0 Å². The summed E-state index contributed by atoms with van der Waals surface area (Å²) in [7, 11) is -4.38. The van der Waals surface area contributed by atoms with Crippen molar-refractivity contribution in [2.24, 2.45) is 0 Å². The Labute approximate surface area is 109 Å². The van der Waals surface area contributed by atoms with Crippen LogP contribution in [-0.2, 0) is 14.8 Å². The fourth-order valence-corrected chi connectivity index (χ4v) is 3.64. The normalized spacial score (nSPS) is 21.2. The molecule has 0 radical (unpaired) electrons. The molecule has 2 rings (SSSR count). The van der Waals surface area contributed by atoms with E-state index in [2.05, 4.69) is 5.32 Å². The third-order valence-corrected chi connectivity index (χ3v) is 4.95. The zero-order valence-electron chi connectivity index (χ0n) is 10.1. The van der Waals surface area contributed by atoms with Crippen molar-refractivity contribution in [1.29, 1.82) is 0 Å². The topological polar surface area (TPSA) is 66.5 Å². The molecule has 1 N–H and O–H groups in total. The van der Waals surface area contributed by atoms with Crippen LogP contribution in [0, 0.1) is 11.6 Å². The van der Waals surface area contributed by atoms with Crippen LogP contribution in [-0.4, -0.2) is 37.8 Å². The predicted molar refractivity (Wildman–Crippen MR) is 62.7 cm³/mol. The van der Waals surface area contributed by atoms with E-state index in [4.69, 9.17) is 0 Å². The molecule has 1 aromatic rings. The Balaban J connectivity index is 2.51. The summed E-state index contributed by atoms with van der Waals surface area (Å²) in [6.45, 7) is 1.45. The van der Waals surface area contributed by atoms with Gasteiger partial charge in [0, 0.05) is 13.1 Å². The third kappa shape index (κ3) is 2.33. The van der Waals surface area contributed by atoms with Gasteiger partial charge < -0.3 is 5.32 Å². The van der Waals surface area contributed by atoms with Gasteiger partial charge in [0.05, 0.1) is 0 Å². The fraction of sp³-hybridized carbons (Fsp3) is 0.364. The largest absolute Gasteiger partial charge is 0.353 e. The van der Waals surface area contributed by atoms with E-state index in [9.17, 15) is 22.0 Å². The van der Waals surface area contributed by atoms with Gasteiger partial charge in [-0.3, -0.25) is 4.79 Å². The Hall–Kier alpha value is -1.54. The number of sulfonamides is 1. The van der Waals surface area contributed by atoms with Crippen LogP contribution in [0.1, 0.15) is 6.92 Å². The van der Waals surface area contributed by atoms with Crippen LogP contribution in [0.15, 0.2) is 23.1 Å². The van der Waals surface area contributed by atoms with Crippen molar-refractivity contribution in [3.05, 3.63) is 29.8 Å². The molecule has 19 heavy (non-hydrogen) atoms. The van der Waals surface area contributed by atoms with Gasteiger partial charge in [-0.15, -0.1) is 0 Å². The Morgan fingerprint density at radius 1 is 1.32 bits per heavy atom. The number of piperazine rings is 1. The van der Waals surface area contributed by atoms with E-state index in [0.717, 1.165) is 22.5 Å². The number of amides is 1. The smallest absolute Gasteiger partial charge is 0.249 e. The van der Waals surface area contributed by atoms with E-state index < -0.39 is 38.5 Å². The highest BCUT2D eigenvalue weighted by Gasteiger charge is 2.38. The Morgan fingerprint density at radius 3 is 2.47 bits per heavy atom. The molecule has 1 saturated heterocycles. The molecule has 0 spiro atoms. The minimum absolute atomic E-state index is 0.0248. The van der Waals surface area contributed by atoms with Gasteiger partial charge in [-0.2, -0.15) is 4.31 Å². The maximum Gasteiger partial charge on any atom is 0.249 e. The highest BCUT2D eigenvalue weighted by atomic mass is 32.2. The zero-order valence-corrected chi connectivity index (χ0v) is 10.9. The summed E-state index contributed by atoms with van der Waals surface area (Å²) < 4.78 is 52.5. The molecule has 104 valence electrons. The van der Waals surface area contributed by atoms with Crippen LogP contribution in [0.2, 0.25) is 0 Å². The molecule has 1 aliphatic heterocycles. The predicted octanol–water partition coefficient (Wildman–Crippen LogP) is 0.474. The van der Waals surface area contributed by atoms with E-state index in [1.54, 1.807) is 0 Å². The van der Waals surface area contributed by atoms with Crippen molar-refractivity contribution in [3.8, 4) is 0 Å². The van der Waals surface area contributed by atoms with Gasteiger partial charge in [0.25, 0.3) is 0 Å². The maximum atomic E-state index is 13.6. The summed E-state index contributed by atoms with van der Waals surface area (Å²) in [5, 5.41) is 2.48. The first-order valence-electron chi connectivity index (χ1n) is 5.59. The molecule has 0 saturated carbocycles. The molecule has 1 amide bonds. The minimum Gasteiger partial charge on any atom is -0.353 e. The fourth-order valence-electron chi connectivity index (χ4n) is 1.94. The van der Waals surface area contributed by atoms with Gasteiger partial charge in [0.1, 0.15) is 17.7 Å². The second kappa shape index (κ2) is 4.86. The molecule has 0 aromatic heterocycles. The molecule has 1 aliphatic rings. The number of carbonyl (C=O) groups is 1. The summed E-state index contributed by atoms with van der Waals surface area (Å²) in [6, 6.07) is 1.81. The van der Waals surface area contributed by atoms with Crippen molar-refractivity contribution in [2.75, 3.05) is 13.1 Å². The highest BCUT2D eigenvalue weighted by molar-refractivity contribution is 7.89. The maximum absolute atomic E-state index is 13.6. The average Bonchev–Trinajstić information content (AvgIpc) is 2.32. The lowest BCUT2D eigenvalue weighted by Gasteiger charge is -2.31. The van der Waals surface area contributed by atoms with Crippen LogP contribution in [0.5, 0.6) is 0 Å². The molecular formula is C11H12F2N2O3S. The van der Waals surface area contributed by atoms with Gasteiger partial charge in [-0.25, -0.2) is 17.2 Å². The Morgan fingerprint density at radius 2 is 1.89 bits per heavy atom. The lowest BCUT2D eigenvalue weighted by atomic mass is 10.2. The van der Waals surface area contributed by atoms with Crippen molar-refractivity contribution in [2.45, 2.75) is 17.9 Å². The molecule has 1 atom stereocenters. The minimum atomic E-state index is -4.38. The average molecular weight is 290 g/mol. The second-order valence-electron chi connectivity index (χ2n) is 4.13. The summed E-state index contributed by atoms with van der Waals surface area (Å²) in [6.07, 6.45) is 0. The number of rotatable bonds is 2. The summed E-state index contributed by atoms with van der Waals surface area (Å²) >= 11 is 0. The van der Waals surface area contributed by atoms with Crippen LogP contribution in [0.25, 0.3) is 0 Å². The molecule has 1 fully saturated rings. The number of carbonyl (C=O) groups excluding carboxylic acids is 1. The summed E-state index contributed by atoms with van der Waals surface area (Å²) in [4.78, 5) is 10.4. The van der Waals surface area contributed by atoms with E-state index in [-0.39, 0.29) is 13.1 Å². The van der Waals surface area contributed by atoms with Gasteiger partial charge in [0.2, 0.25) is 15.9 Å². The number of halogens is 2. The number of benzene rings is 1. The number of nitrogens with one attached hydrogen (secondary N) is 1. The molecule has 0 bridgehead atoms. The van der Waals surface area contributed by atoms with Crippen molar-refractivity contribution in [3.63, 3.8) is 0 Å². The van der Waals surface area contributed by atoms with Gasteiger partial charge in [-0.1, -0.05) is 6.07 Å². The molecule has 0 aliphatic carbocycles. The lowest BCUT2D eigenvalue weighted by Crippen LogP contribution is -2.55. The van der Waals surface area contributed by atoms with Crippen LogP contribution in [0.4, 0.5) is 8.78 Å². The molecule has 5 nitrogen and oxygen atoms in total. The van der Waals surface area contributed by atoms with Crippen molar-refractivity contribution in [1.82, 2.24) is 9.62 Å².